The lowest BCUT2D eigenvalue weighted by Gasteiger charge is -2.17. The van der Waals surface area contributed by atoms with Crippen LogP contribution < -0.4 is 20.5 Å². The third-order valence-corrected chi connectivity index (χ3v) is 14.7. The summed E-state index contributed by atoms with van der Waals surface area (Å²) in [4.78, 5) is 55.2. The van der Waals surface area contributed by atoms with Crippen molar-refractivity contribution in [3.63, 3.8) is 0 Å². The molecule has 2 aromatic rings. The third kappa shape index (κ3) is 29.8. The van der Waals surface area contributed by atoms with E-state index >= 15 is 0 Å². The van der Waals surface area contributed by atoms with Crippen molar-refractivity contribution in [2.75, 3.05) is 18.5 Å². The van der Waals surface area contributed by atoms with Gasteiger partial charge in [-0.2, -0.15) is 4.98 Å². The first-order valence-electron chi connectivity index (χ1n) is 30.4. The van der Waals surface area contributed by atoms with E-state index in [4.69, 9.17) is 18.9 Å². The molecular formula is C62H105N3O8. The number of ether oxygens (including phenoxy) is 4. The lowest BCUT2D eigenvalue weighted by atomic mass is 10.0. The zero-order valence-corrected chi connectivity index (χ0v) is 47.0. The Morgan fingerprint density at radius 2 is 1.03 bits per heavy atom. The Morgan fingerprint density at radius 3 is 1.45 bits per heavy atom. The van der Waals surface area contributed by atoms with Crippen molar-refractivity contribution < 1.29 is 33.3 Å². The summed E-state index contributed by atoms with van der Waals surface area (Å²) in [5.74, 6) is 0.0635. The second-order valence-electron chi connectivity index (χ2n) is 21.3. The summed E-state index contributed by atoms with van der Waals surface area (Å²) in [6.07, 6.45) is 48.3. The van der Waals surface area contributed by atoms with Crippen LogP contribution in [-0.4, -0.2) is 52.6 Å². The van der Waals surface area contributed by atoms with E-state index in [1.165, 1.54) is 223 Å². The monoisotopic (exact) mass is 1020 g/mol. The summed E-state index contributed by atoms with van der Waals surface area (Å²) in [7, 11) is 0. The number of carbonyl (C=O) groups is 3. The predicted molar refractivity (Wildman–Crippen MR) is 300 cm³/mol. The number of hydrogen-bond acceptors (Lipinski definition) is 9. The van der Waals surface area contributed by atoms with E-state index in [1.54, 1.807) is 18.2 Å². The zero-order chi connectivity index (χ0) is 52.4. The van der Waals surface area contributed by atoms with Gasteiger partial charge in [-0.3, -0.25) is 14.2 Å². The molecule has 1 N–H and O–H groups in total. The van der Waals surface area contributed by atoms with E-state index in [0.717, 1.165) is 25.7 Å². The molecule has 3 atom stereocenters. The number of ketones is 1. The highest BCUT2D eigenvalue weighted by Gasteiger charge is 2.38. The van der Waals surface area contributed by atoms with Crippen LogP contribution in [0.4, 0.5) is 5.82 Å². The molecule has 3 rings (SSSR count). The number of hydrogen-bond donors (Lipinski definition) is 1. The number of unbranched alkanes of at least 4 members (excludes halogenated alkanes) is 34. The number of para-hydroxylation sites is 1. The highest BCUT2D eigenvalue weighted by molar-refractivity contribution is 6.06. The number of rotatable bonds is 48. The van der Waals surface area contributed by atoms with E-state index in [2.05, 4.69) is 24.1 Å². The standard InChI is InChI=1S/C62H105N3O8/c1-5-8-10-12-14-16-18-20-22-24-26-28-30-32-34-36-38-40-49-70-55-44-42-43-53(60(55)71-50-41-39-37-35-33-31-29-27-25-23-21-19-17-15-13-11-9-6-2)61(68)63-57-47-48-65(62(69)64-57)58-51-56(54(7-3)72-58)73-59(67)46-45-52(4)66/h42-44,47-48,54,56,58H,5-41,45-46,49-51H2,1-4H3,(H,63,64,68,69)/t54-,56?,58-/m1/s1. The second-order valence-corrected chi connectivity index (χ2v) is 21.3. The Balaban J connectivity index is 1.44. The Bertz CT molecular complexity index is 1780. The van der Waals surface area contributed by atoms with Gasteiger partial charge in [0.15, 0.2) is 11.5 Å². The molecular weight excluding hydrogens is 915 g/mol. The lowest BCUT2D eigenvalue weighted by Crippen LogP contribution is -2.28. The molecule has 0 spiro atoms. The van der Waals surface area contributed by atoms with E-state index in [-0.39, 0.29) is 30.9 Å². The molecule has 1 amide bonds. The van der Waals surface area contributed by atoms with Crippen LogP contribution in [0, 0.1) is 0 Å². The van der Waals surface area contributed by atoms with Crippen LogP contribution in [0.15, 0.2) is 35.3 Å². The van der Waals surface area contributed by atoms with Gasteiger partial charge >= 0.3 is 11.7 Å². The number of nitrogens with zero attached hydrogens (tertiary/aromatic N) is 2. The van der Waals surface area contributed by atoms with Crippen LogP contribution in [0.2, 0.25) is 0 Å². The molecule has 2 heterocycles. The Labute approximate surface area is 444 Å². The molecule has 0 aliphatic carbocycles. The Kier molecular flexibility index (Phi) is 37.0. The van der Waals surface area contributed by atoms with Crippen molar-refractivity contribution >= 4 is 23.5 Å². The van der Waals surface area contributed by atoms with Crippen LogP contribution >= 0.6 is 0 Å². The fourth-order valence-corrected chi connectivity index (χ4v) is 10.1. The van der Waals surface area contributed by atoms with E-state index in [0.29, 0.717) is 36.7 Å². The van der Waals surface area contributed by atoms with Gasteiger partial charge in [0.25, 0.3) is 5.91 Å². The topological polar surface area (TPSA) is 135 Å². The average molecular weight is 1020 g/mol. The molecule has 0 saturated carbocycles. The molecule has 1 aromatic heterocycles. The first-order chi connectivity index (χ1) is 35.8. The van der Waals surface area contributed by atoms with Gasteiger partial charge in [-0.15, -0.1) is 0 Å². The van der Waals surface area contributed by atoms with Crippen LogP contribution in [0.5, 0.6) is 11.5 Å². The van der Waals surface area contributed by atoms with Crippen LogP contribution in [0.3, 0.4) is 0 Å². The van der Waals surface area contributed by atoms with Crippen LogP contribution in [-0.2, 0) is 19.1 Å². The summed E-state index contributed by atoms with van der Waals surface area (Å²) in [6, 6.07) is 6.96. The number of nitrogens with one attached hydrogen (secondary N) is 1. The zero-order valence-electron chi connectivity index (χ0n) is 47.0. The molecule has 1 saturated heterocycles. The third-order valence-electron chi connectivity index (χ3n) is 14.7. The maximum absolute atomic E-state index is 13.9. The number of esters is 1. The number of aromatic nitrogens is 2. The SMILES string of the molecule is CCCCCCCCCCCCCCCCCCCCOc1cccc(C(=O)Nc2ccn([C@H]3CC(OC(=O)CCC(C)=O)[C@@H](CC)O3)c(=O)n2)c1OCCCCCCCCCCCCCCCCCCCC. The van der Waals surface area contributed by atoms with Crippen LogP contribution in [0.1, 0.15) is 301 Å². The minimum absolute atomic E-state index is 0.00379. The van der Waals surface area contributed by atoms with Crippen molar-refractivity contribution in [2.45, 2.75) is 303 Å². The molecule has 1 aromatic carbocycles. The van der Waals surface area contributed by atoms with Gasteiger partial charge < -0.3 is 29.1 Å². The molecule has 11 heteroatoms. The molecule has 73 heavy (non-hydrogen) atoms. The number of Topliss-reactive ketones (excluding diaryl/α,β-unsaturated/α-hetero) is 1. The van der Waals surface area contributed by atoms with Gasteiger partial charge in [-0.1, -0.05) is 245 Å². The van der Waals surface area contributed by atoms with Gasteiger partial charge in [0.05, 0.1) is 31.3 Å². The van der Waals surface area contributed by atoms with Gasteiger partial charge in [0.1, 0.15) is 23.9 Å². The van der Waals surface area contributed by atoms with Gasteiger partial charge in [0.2, 0.25) is 0 Å². The summed E-state index contributed by atoms with van der Waals surface area (Å²) in [6.45, 7) is 8.94. The van der Waals surface area contributed by atoms with E-state index < -0.39 is 36.0 Å². The normalized spacial score (nSPS) is 15.4. The second kappa shape index (κ2) is 42.5. The summed E-state index contributed by atoms with van der Waals surface area (Å²) < 4.78 is 25.8. The molecule has 0 bridgehead atoms. The van der Waals surface area contributed by atoms with Crippen molar-refractivity contribution in [2.24, 2.45) is 0 Å². The average Bonchev–Trinajstić information content (AvgIpc) is 3.79. The minimum atomic E-state index is -0.697. The van der Waals surface area contributed by atoms with Gasteiger partial charge in [-0.05, 0) is 44.4 Å². The number of amides is 1. The predicted octanol–water partition coefficient (Wildman–Crippen LogP) is 17.3. The molecule has 1 aliphatic heterocycles. The Hall–Kier alpha value is -3.73. The number of carbonyl (C=O) groups excluding carboxylic acids is 3. The van der Waals surface area contributed by atoms with E-state index in [1.807, 2.05) is 13.0 Å². The maximum atomic E-state index is 13.9. The minimum Gasteiger partial charge on any atom is -0.490 e. The molecule has 1 unspecified atom stereocenters. The largest absolute Gasteiger partial charge is 0.490 e. The highest BCUT2D eigenvalue weighted by Crippen LogP contribution is 2.34. The summed E-state index contributed by atoms with van der Waals surface area (Å²) >= 11 is 0. The fraction of sp³-hybridized carbons (Fsp3) is 0.790. The Morgan fingerprint density at radius 1 is 0.589 bits per heavy atom. The molecule has 1 fully saturated rings. The van der Waals surface area contributed by atoms with Crippen molar-refractivity contribution in [3.8, 4) is 11.5 Å². The van der Waals surface area contributed by atoms with Crippen molar-refractivity contribution in [1.29, 1.82) is 0 Å². The van der Waals surface area contributed by atoms with Crippen LogP contribution in [0.25, 0.3) is 0 Å². The molecule has 0 radical (unpaired) electrons. The summed E-state index contributed by atoms with van der Waals surface area (Å²) in [5, 5.41) is 2.82. The highest BCUT2D eigenvalue weighted by atomic mass is 16.6. The fourth-order valence-electron chi connectivity index (χ4n) is 10.1. The quantitative estimate of drug-likeness (QED) is 0.0508. The number of anilines is 1. The molecule has 416 valence electrons. The lowest BCUT2D eigenvalue weighted by molar-refractivity contribution is -0.152. The first-order valence-corrected chi connectivity index (χ1v) is 30.4. The van der Waals surface area contributed by atoms with Crippen molar-refractivity contribution in [3.05, 3.63) is 46.5 Å². The van der Waals surface area contributed by atoms with Crippen molar-refractivity contribution in [1.82, 2.24) is 9.55 Å². The first kappa shape index (κ1) is 63.6. The summed E-state index contributed by atoms with van der Waals surface area (Å²) in [5.41, 5.74) is -0.281. The number of benzene rings is 1. The van der Waals surface area contributed by atoms with Gasteiger partial charge in [0, 0.05) is 19.0 Å². The van der Waals surface area contributed by atoms with E-state index in [9.17, 15) is 19.2 Å². The maximum Gasteiger partial charge on any atom is 0.351 e. The molecule has 11 nitrogen and oxygen atoms in total. The smallest absolute Gasteiger partial charge is 0.351 e. The molecule has 1 aliphatic rings. The van der Waals surface area contributed by atoms with Gasteiger partial charge in [-0.25, -0.2) is 4.79 Å².